The average molecular weight is 376 g/mol. The van der Waals surface area contributed by atoms with Gasteiger partial charge in [0.2, 0.25) is 0 Å². The number of rotatable bonds is 5. The highest BCUT2D eigenvalue weighted by Crippen LogP contribution is 2.31. The molecule has 4 heteroatoms. The SMILES string of the molecule is COc1ccc2c(c1)C=C(C(=O)Nc1ccc([CH]C3CCCCC3)cc1)CO2. The Morgan fingerprint density at radius 1 is 1.11 bits per heavy atom. The maximum Gasteiger partial charge on any atom is 0.255 e. The Kier molecular flexibility index (Phi) is 5.65. The molecule has 28 heavy (non-hydrogen) atoms. The van der Waals surface area contributed by atoms with Gasteiger partial charge in [0.25, 0.3) is 5.91 Å². The van der Waals surface area contributed by atoms with Crippen LogP contribution in [0.15, 0.2) is 48.0 Å². The van der Waals surface area contributed by atoms with Gasteiger partial charge in [-0.1, -0.05) is 31.4 Å². The number of benzene rings is 2. The lowest BCUT2D eigenvalue weighted by atomic mass is 9.85. The van der Waals surface area contributed by atoms with Crippen LogP contribution in [0.25, 0.3) is 6.08 Å². The highest BCUT2D eigenvalue weighted by Gasteiger charge is 2.18. The smallest absolute Gasteiger partial charge is 0.255 e. The van der Waals surface area contributed by atoms with Gasteiger partial charge in [-0.3, -0.25) is 4.79 Å². The largest absolute Gasteiger partial charge is 0.497 e. The Bertz CT molecular complexity index is 864. The van der Waals surface area contributed by atoms with Crippen molar-refractivity contribution in [3.8, 4) is 11.5 Å². The summed E-state index contributed by atoms with van der Waals surface area (Å²) in [4.78, 5) is 12.6. The van der Waals surface area contributed by atoms with Gasteiger partial charge in [0.05, 0.1) is 12.7 Å². The van der Waals surface area contributed by atoms with Crippen LogP contribution in [0.4, 0.5) is 5.69 Å². The van der Waals surface area contributed by atoms with Gasteiger partial charge in [-0.15, -0.1) is 0 Å². The molecule has 2 aromatic rings. The summed E-state index contributed by atoms with van der Waals surface area (Å²) >= 11 is 0. The fourth-order valence-electron chi connectivity index (χ4n) is 3.88. The summed E-state index contributed by atoms with van der Waals surface area (Å²) in [6, 6.07) is 13.7. The van der Waals surface area contributed by atoms with Gasteiger partial charge >= 0.3 is 0 Å². The number of methoxy groups -OCH3 is 1. The minimum atomic E-state index is -0.141. The molecule has 0 bridgehead atoms. The van der Waals surface area contributed by atoms with E-state index in [1.807, 2.05) is 36.4 Å². The zero-order chi connectivity index (χ0) is 19.3. The minimum Gasteiger partial charge on any atom is -0.497 e. The summed E-state index contributed by atoms with van der Waals surface area (Å²) < 4.78 is 11.0. The summed E-state index contributed by atoms with van der Waals surface area (Å²) in [5.41, 5.74) is 3.47. The van der Waals surface area contributed by atoms with Crippen LogP contribution in [-0.4, -0.2) is 19.6 Å². The molecular formula is C24H26NO3. The van der Waals surface area contributed by atoms with Crippen molar-refractivity contribution < 1.29 is 14.3 Å². The van der Waals surface area contributed by atoms with Crippen molar-refractivity contribution in [2.24, 2.45) is 5.92 Å². The lowest BCUT2D eigenvalue weighted by Crippen LogP contribution is -2.21. The molecule has 0 aromatic heterocycles. The second-order valence-corrected chi connectivity index (χ2v) is 7.50. The van der Waals surface area contributed by atoms with Gasteiger partial charge in [-0.05, 0) is 67.2 Å². The lowest BCUT2D eigenvalue weighted by molar-refractivity contribution is -0.113. The Morgan fingerprint density at radius 2 is 1.89 bits per heavy atom. The predicted molar refractivity (Wildman–Crippen MR) is 112 cm³/mol. The van der Waals surface area contributed by atoms with Gasteiger partial charge in [-0.2, -0.15) is 0 Å². The van der Waals surface area contributed by atoms with Crippen LogP contribution in [0, 0.1) is 12.3 Å². The molecule has 0 saturated heterocycles. The number of carbonyl (C=O) groups excluding carboxylic acids is 1. The van der Waals surface area contributed by atoms with Gasteiger partial charge in [-0.25, -0.2) is 0 Å². The number of hydrogen-bond acceptors (Lipinski definition) is 3. The number of carbonyl (C=O) groups is 1. The summed E-state index contributed by atoms with van der Waals surface area (Å²) in [5.74, 6) is 2.05. The van der Waals surface area contributed by atoms with Gasteiger partial charge in [0.1, 0.15) is 18.1 Å². The van der Waals surface area contributed by atoms with Crippen LogP contribution in [0.1, 0.15) is 43.2 Å². The molecule has 1 amide bonds. The molecule has 1 aliphatic carbocycles. The molecule has 0 unspecified atom stereocenters. The van der Waals surface area contributed by atoms with Crippen LogP contribution >= 0.6 is 0 Å². The lowest BCUT2D eigenvalue weighted by Gasteiger charge is -2.21. The predicted octanol–water partition coefficient (Wildman–Crippen LogP) is 5.24. The van der Waals surface area contributed by atoms with E-state index in [1.54, 1.807) is 7.11 Å². The van der Waals surface area contributed by atoms with Gasteiger partial charge < -0.3 is 14.8 Å². The first-order chi connectivity index (χ1) is 13.7. The summed E-state index contributed by atoms with van der Waals surface area (Å²) in [7, 11) is 1.62. The van der Waals surface area contributed by atoms with Crippen molar-refractivity contribution in [2.45, 2.75) is 32.1 Å². The molecule has 1 saturated carbocycles. The number of fused-ring (bicyclic) bond motifs is 1. The van der Waals surface area contributed by atoms with Crippen molar-refractivity contribution in [1.29, 1.82) is 0 Å². The van der Waals surface area contributed by atoms with Crippen LogP contribution in [-0.2, 0) is 4.79 Å². The second-order valence-electron chi connectivity index (χ2n) is 7.50. The van der Waals surface area contributed by atoms with Crippen LogP contribution in [0.2, 0.25) is 0 Å². The van der Waals surface area contributed by atoms with Crippen molar-refractivity contribution in [3.63, 3.8) is 0 Å². The maximum absolute atomic E-state index is 12.6. The maximum atomic E-state index is 12.6. The molecule has 2 aromatic carbocycles. The third-order valence-corrected chi connectivity index (χ3v) is 5.47. The van der Waals surface area contributed by atoms with E-state index in [9.17, 15) is 4.79 Å². The fraction of sp³-hybridized carbons (Fsp3) is 0.333. The normalized spacial score (nSPS) is 16.5. The molecule has 2 aliphatic rings. The molecule has 1 radical (unpaired) electrons. The first kappa shape index (κ1) is 18.6. The first-order valence-electron chi connectivity index (χ1n) is 9.99. The van der Waals surface area contributed by atoms with Crippen molar-refractivity contribution in [3.05, 3.63) is 65.6 Å². The van der Waals surface area contributed by atoms with E-state index in [4.69, 9.17) is 9.47 Å². The molecule has 1 N–H and O–H groups in total. The molecule has 1 heterocycles. The molecule has 4 rings (SSSR count). The third kappa shape index (κ3) is 4.38. The molecule has 1 fully saturated rings. The number of ether oxygens (including phenoxy) is 2. The number of anilines is 1. The Labute approximate surface area is 166 Å². The number of hydrogen-bond donors (Lipinski definition) is 1. The summed E-state index contributed by atoms with van der Waals surface area (Å²) in [6.07, 6.45) is 10.8. The standard InChI is InChI=1S/C24H26NO3/c1-27-22-11-12-23-19(15-22)14-20(16-28-23)24(26)25-21-9-7-18(8-10-21)13-17-5-3-2-4-6-17/h7-15,17H,2-6,16H2,1H3,(H,25,26). The van der Waals surface area contributed by atoms with Crippen LogP contribution < -0.4 is 14.8 Å². The van der Waals surface area contributed by atoms with Crippen molar-refractivity contribution in [2.75, 3.05) is 19.0 Å². The topological polar surface area (TPSA) is 47.6 Å². The Hall–Kier alpha value is -2.75. The summed E-state index contributed by atoms with van der Waals surface area (Å²) in [6.45, 7) is 0.263. The van der Waals surface area contributed by atoms with Crippen LogP contribution in [0.5, 0.6) is 11.5 Å². The molecule has 1 aliphatic heterocycles. The zero-order valence-electron chi connectivity index (χ0n) is 16.2. The average Bonchev–Trinajstić information content (AvgIpc) is 2.75. The fourth-order valence-corrected chi connectivity index (χ4v) is 3.88. The number of nitrogens with one attached hydrogen (secondary N) is 1. The van der Waals surface area contributed by atoms with E-state index >= 15 is 0 Å². The van der Waals surface area contributed by atoms with Crippen molar-refractivity contribution in [1.82, 2.24) is 0 Å². The third-order valence-electron chi connectivity index (χ3n) is 5.47. The van der Waals surface area contributed by atoms with E-state index in [-0.39, 0.29) is 12.5 Å². The monoisotopic (exact) mass is 376 g/mol. The molecule has 0 atom stereocenters. The van der Waals surface area contributed by atoms with E-state index < -0.39 is 0 Å². The highest BCUT2D eigenvalue weighted by molar-refractivity contribution is 6.07. The Balaban J connectivity index is 1.39. The van der Waals surface area contributed by atoms with E-state index in [1.165, 1.54) is 37.7 Å². The first-order valence-corrected chi connectivity index (χ1v) is 9.99. The van der Waals surface area contributed by atoms with E-state index in [0.717, 1.165) is 22.7 Å². The quantitative estimate of drug-likeness (QED) is 0.776. The van der Waals surface area contributed by atoms with Gasteiger partial charge in [0, 0.05) is 11.3 Å². The molecular weight excluding hydrogens is 350 g/mol. The van der Waals surface area contributed by atoms with Crippen LogP contribution in [0.3, 0.4) is 0 Å². The van der Waals surface area contributed by atoms with Crippen molar-refractivity contribution >= 4 is 17.7 Å². The Morgan fingerprint density at radius 3 is 2.64 bits per heavy atom. The molecule has 4 nitrogen and oxygen atoms in total. The highest BCUT2D eigenvalue weighted by atomic mass is 16.5. The van der Waals surface area contributed by atoms with E-state index in [2.05, 4.69) is 23.9 Å². The molecule has 0 spiro atoms. The number of amides is 1. The van der Waals surface area contributed by atoms with E-state index in [0.29, 0.717) is 11.5 Å². The minimum absolute atomic E-state index is 0.141. The summed E-state index contributed by atoms with van der Waals surface area (Å²) in [5, 5.41) is 2.97. The molecule has 145 valence electrons. The second kappa shape index (κ2) is 8.51. The van der Waals surface area contributed by atoms with Gasteiger partial charge in [0.15, 0.2) is 0 Å². The zero-order valence-corrected chi connectivity index (χ0v) is 16.2.